The number of phenols is 1. The Morgan fingerprint density at radius 1 is 0.934 bits per heavy atom. The number of hydrogen-bond acceptors (Lipinski definition) is 8. The van der Waals surface area contributed by atoms with E-state index in [1.807, 2.05) is 29.1 Å². The van der Waals surface area contributed by atoms with Gasteiger partial charge in [0.1, 0.15) is 6.04 Å². The Kier molecular flexibility index (Phi) is 10.7. The summed E-state index contributed by atoms with van der Waals surface area (Å²) in [6.45, 7) is 2.91. The summed E-state index contributed by atoms with van der Waals surface area (Å²) in [7, 11) is 1.71. The third-order valence-corrected chi connectivity index (χ3v) is 12.7. The molecule has 0 bridgehead atoms. The van der Waals surface area contributed by atoms with Gasteiger partial charge in [-0.15, -0.1) is 0 Å². The molecule has 9 rings (SSSR count). The van der Waals surface area contributed by atoms with Crippen LogP contribution in [0.3, 0.4) is 0 Å². The van der Waals surface area contributed by atoms with Crippen LogP contribution in [0, 0.1) is 23.4 Å². The normalized spacial score (nSPS) is 19.6. The Balaban J connectivity index is 0.776. The number of carbonyl (C=O) groups excluding carboxylic acids is 3. The Labute approximate surface area is 348 Å². The molecule has 0 radical (unpaired) electrons. The first kappa shape index (κ1) is 40.1. The lowest BCUT2D eigenvalue weighted by molar-refractivity contribution is -0.135. The zero-order valence-corrected chi connectivity index (χ0v) is 33.6. The highest BCUT2D eigenvalue weighted by molar-refractivity contribution is 6.00. The van der Waals surface area contributed by atoms with Crippen LogP contribution in [0.1, 0.15) is 84.1 Å². The Morgan fingerprint density at radius 2 is 1.75 bits per heavy atom. The summed E-state index contributed by atoms with van der Waals surface area (Å²) in [6.07, 6.45) is 10.5. The highest BCUT2D eigenvalue weighted by Gasteiger charge is 2.32. The monoisotopic (exact) mass is 834 g/mol. The van der Waals surface area contributed by atoms with E-state index in [2.05, 4.69) is 46.0 Å². The molecule has 3 aromatic heterocycles. The third kappa shape index (κ3) is 7.80. The molecule has 3 amide bonds. The largest absolute Gasteiger partial charge is 0.503 e. The smallest absolute Gasteiger partial charge is 0.329 e. The molecule has 3 aromatic carbocycles. The number of halogens is 3. The molecule has 16 heteroatoms. The van der Waals surface area contributed by atoms with Crippen LogP contribution >= 0.6 is 0 Å². The predicted molar refractivity (Wildman–Crippen MR) is 220 cm³/mol. The van der Waals surface area contributed by atoms with E-state index >= 15 is 0 Å². The van der Waals surface area contributed by atoms with Gasteiger partial charge in [-0.2, -0.15) is 9.49 Å². The summed E-state index contributed by atoms with van der Waals surface area (Å²) < 4.78 is 46.7. The number of aryl methyl sites for hydroxylation is 2. The van der Waals surface area contributed by atoms with Gasteiger partial charge in [0.15, 0.2) is 17.4 Å². The number of benzene rings is 3. The summed E-state index contributed by atoms with van der Waals surface area (Å²) in [5.41, 5.74) is 6.81. The minimum atomic E-state index is -1.78. The second-order valence-corrected chi connectivity index (χ2v) is 16.6. The lowest BCUT2D eigenvalue weighted by atomic mass is 9.86. The van der Waals surface area contributed by atoms with Crippen molar-refractivity contribution in [1.82, 2.24) is 39.4 Å². The van der Waals surface area contributed by atoms with Gasteiger partial charge in [0, 0.05) is 56.4 Å². The molecular formula is C45H45F3N8O5. The maximum absolute atomic E-state index is 14.2. The first-order valence-corrected chi connectivity index (χ1v) is 20.8. The molecule has 1 unspecified atom stereocenters. The Morgan fingerprint density at radius 3 is 2.56 bits per heavy atom. The standard InChI is InChI=1S/C45H45F3N8O5/c1-53-38-17-25(6-11-36(38)56(45(53)61)37-12-13-39(57)51-44(37)60)3-2-15-54-16-14-27-18-34(49-22-30(27)23-54)28-7-8-29-24-55(52-35(29)19-28)31-9-4-26(5-10-31)21-50-43(59)32-20-33(46)42(58)41(48)40(32)47/h6-8,11,17-20,22,24,26,31,37,58H,2-5,9-10,12-16,21,23H2,1H3,(H,50,59)(H,51,57,60). The minimum absolute atomic E-state index is 0.115. The summed E-state index contributed by atoms with van der Waals surface area (Å²) in [5, 5.41) is 20.2. The number of phenolic OH excluding ortho intramolecular Hbond substituents is 1. The Hall–Kier alpha value is -6.29. The number of piperidine rings is 1. The van der Waals surface area contributed by atoms with Gasteiger partial charge in [0.2, 0.25) is 17.6 Å². The zero-order valence-electron chi connectivity index (χ0n) is 33.6. The van der Waals surface area contributed by atoms with Gasteiger partial charge in [-0.1, -0.05) is 18.2 Å². The summed E-state index contributed by atoms with van der Waals surface area (Å²) in [6, 6.07) is 14.3. The third-order valence-electron chi connectivity index (χ3n) is 12.7. The quantitative estimate of drug-likeness (QED) is 0.112. The number of pyridine rings is 1. The van der Waals surface area contributed by atoms with E-state index in [0.717, 1.165) is 97.8 Å². The SMILES string of the molecule is Cn1c(=O)n(C2CCC(=O)NC2=O)c2ccc(CCCN3CCc4cc(-c5ccc6cn(C7CCC(CNC(=O)c8cc(F)c(O)c(F)c8F)CC7)nc6c5)ncc4C3)cc21. The van der Waals surface area contributed by atoms with Crippen LogP contribution in [0.4, 0.5) is 13.2 Å². The number of hydrogen-bond donors (Lipinski definition) is 3. The first-order chi connectivity index (χ1) is 29.4. The van der Waals surface area contributed by atoms with Crippen molar-refractivity contribution < 1.29 is 32.7 Å². The van der Waals surface area contributed by atoms with Crippen LogP contribution in [0.2, 0.25) is 0 Å². The van der Waals surface area contributed by atoms with Crippen molar-refractivity contribution in [3.05, 3.63) is 111 Å². The van der Waals surface area contributed by atoms with Gasteiger partial charge in [-0.25, -0.2) is 13.6 Å². The maximum atomic E-state index is 14.2. The molecule has 1 saturated heterocycles. The number of imide groups is 1. The van der Waals surface area contributed by atoms with E-state index in [1.54, 1.807) is 11.6 Å². The van der Waals surface area contributed by atoms with Gasteiger partial charge in [-0.3, -0.25) is 43.4 Å². The van der Waals surface area contributed by atoms with E-state index in [4.69, 9.17) is 10.1 Å². The number of amides is 3. The van der Waals surface area contributed by atoms with Gasteiger partial charge < -0.3 is 10.4 Å². The number of aromatic hydroxyl groups is 1. The van der Waals surface area contributed by atoms with E-state index in [-0.39, 0.29) is 36.5 Å². The second-order valence-electron chi connectivity index (χ2n) is 16.6. The first-order valence-electron chi connectivity index (χ1n) is 20.8. The predicted octanol–water partition coefficient (Wildman–Crippen LogP) is 6.00. The molecule has 2 aliphatic heterocycles. The molecule has 13 nitrogen and oxygen atoms in total. The molecule has 61 heavy (non-hydrogen) atoms. The fourth-order valence-corrected chi connectivity index (χ4v) is 9.23. The lowest BCUT2D eigenvalue weighted by Crippen LogP contribution is -2.44. The fraction of sp³-hybridized carbons (Fsp3) is 0.378. The van der Waals surface area contributed by atoms with Crippen molar-refractivity contribution in [3.63, 3.8) is 0 Å². The van der Waals surface area contributed by atoms with Crippen LogP contribution < -0.4 is 16.3 Å². The van der Waals surface area contributed by atoms with Crippen molar-refractivity contribution in [1.29, 1.82) is 0 Å². The number of aromatic nitrogens is 5. The second kappa shape index (κ2) is 16.3. The van der Waals surface area contributed by atoms with Crippen molar-refractivity contribution in [2.24, 2.45) is 13.0 Å². The number of imidazole rings is 1. The van der Waals surface area contributed by atoms with Crippen molar-refractivity contribution in [2.45, 2.75) is 76.4 Å². The van der Waals surface area contributed by atoms with Crippen molar-refractivity contribution >= 4 is 39.7 Å². The van der Waals surface area contributed by atoms with Gasteiger partial charge in [0.25, 0.3) is 5.91 Å². The molecule has 1 atom stereocenters. The average Bonchev–Trinajstić information content (AvgIpc) is 3.80. The number of carbonyl (C=O) groups is 3. The van der Waals surface area contributed by atoms with Crippen LogP contribution in [-0.2, 0) is 36.0 Å². The van der Waals surface area contributed by atoms with Gasteiger partial charge in [-0.05, 0) is 111 Å². The topological polar surface area (TPSA) is 156 Å². The summed E-state index contributed by atoms with van der Waals surface area (Å²) in [4.78, 5) is 57.2. The minimum Gasteiger partial charge on any atom is -0.503 e. The number of rotatable bonds is 10. The number of fused-ring (bicyclic) bond motifs is 3. The molecular weight excluding hydrogens is 790 g/mol. The molecule has 6 aromatic rings. The highest BCUT2D eigenvalue weighted by Crippen LogP contribution is 2.34. The lowest BCUT2D eigenvalue weighted by Gasteiger charge is -2.28. The van der Waals surface area contributed by atoms with Gasteiger partial charge >= 0.3 is 5.69 Å². The molecule has 0 spiro atoms. The van der Waals surface area contributed by atoms with E-state index < -0.39 is 46.6 Å². The summed E-state index contributed by atoms with van der Waals surface area (Å²) >= 11 is 0. The summed E-state index contributed by atoms with van der Waals surface area (Å²) in [5.74, 6) is -7.78. The molecule has 1 saturated carbocycles. The number of nitrogens with zero attached hydrogens (tertiary/aromatic N) is 6. The van der Waals surface area contributed by atoms with E-state index in [0.29, 0.717) is 18.0 Å². The van der Waals surface area contributed by atoms with E-state index in [9.17, 15) is 37.5 Å². The molecule has 3 aliphatic rings. The highest BCUT2D eigenvalue weighted by atomic mass is 19.2. The van der Waals surface area contributed by atoms with Crippen LogP contribution in [-0.4, -0.2) is 71.3 Å². The molecule has 2 fully saturated rings. The molecule has 316 valence electrons. The number of nitrogens with one attached hydrogen (secondary N) is 2. The maximum Gasteiger partial charge on any atom is 0.329 e. The van der Waals surface area contributed by atoms with Crippen LogP contribution in [0.5, 0.6) is 5.75 Å². The van der Waals surface area contributed by atoms with Crippen LogP contribution in [0.15, 0.2) is 65.7 Å². The Bertz CT molecular complexity index is 2790. The molecule has 1 aliphatic carbocycles. The zero-order chi connectivity index (χ0) is 42.5. The van der Waals surface area contributed by atoms with Crippen molar-refractivity contribution in [2.75, 3.05) is 19.6 Å². The average molecular weight is 835 g/mol. The molecule has 5 heterocycles. The van der Waals surface area contributed by atoms with Crippen molar-refractivity contribution in [3.8, 4) is 17.0 Å². The molecule has 3 N–H and O–H groups in total. The van der Waals surface area contributed by atoms with E-state index in [1.165, 1.54) is 15.7 Å². The fourth-order valence-electron chi connectivity index (χ4n) is 9.23. The van der Waals surface area contributed by atoms with Gasteiger partial charge in [0.05, 0.1) is 33.8 Å². The van der Waals surface area contributed by atoms with Crippen LogP contribution in [0.25, 0.3) is 33.2 Å².